The molecule has 360 valence electrons. The molecule has 0 unspecified atom stereocenters. The van der Waals surface area contributed by atoms with E-state index >= 15 is 0 Å². The van der Waals surface area contributed by atoms with Crippen molar-refractivity contribution in [3.05, 3.63) is 35.9 Å². The van der Waals surface area contributed by atoms with Gasteiger partial charge in [-0.1, -0.05) is 51.9 Å². The van der Waals surface area contributed by atoms with Crippen LogP contribution in [0.5, 0.6) is 0 Å². The van der Waals surface area contributed by atoms with Crippen molar-refractivity contribution in [2.45, 2.75) is 95.5 Å². The molecule has 0 aliphatic carbocycles. The first-order chi connectivity index (χ1) is 30.7. The first-order valence-electron chi connectivity index (χ1n) is 19.9. The summed E-state index contributed by atoms with van der Waals surface area (Å²) in [5.74, 6) is -13.3. The standard InChI is InChI=1S/C39H53N5O19S2/c1-2-40-39(61)62-14-15-64-65-20-24(35(54)55)18-29(47)28(16-22-6-4-3-5-7-22)42-34(53)23(19-33(51)52)17-25(46)8-9-26(36(56)57)41-30(48)11-10-27(37(58)59)43-38(60)44-31(63-21-45)12-13-32(49)50/h3-7,21,23-24,26-28,31H,2,8-20H2,1H3,(H,40,61)(H,41,48)(H,42,53)(H,49,50)(H,51,52)(H,54,55)(H,56,57)(H,58,59)(H2,43,44,60)/t23-,24-,26-,27-,28-,31+/m0/s1. The number of nitrogens with one attached hydrogen (secondary N) is 5. The van der Waals surface area contributed by atoms with Gasteiger partial charge in [0.2, 0.25) is 11.8 Å². The number of urea groups is 1. The lowest BCUT2D eigenvalue weighted by molar-refractivity contribution is -0.144. The predicted molar refractivity (Wildman–Crippen MR) is 227 cm³/mol. The first kappa shape index (κ1) is 56.6. The third-order valence-electron chi connectivity index (χ3n) is 8.86. The molecule has 0 saturated heterocycles. The maximum Gasteiger partial charge on any atom is 0.407 e. The summed E-state index contributed by atoms with van der Waals surface area (Å²) in [6, 6.07) is 2.29. The number of ketones is 2. The van der Waals surface area contributed by atoms with Crippen molar-refractivity contribution < 1.29 is 92.5 Å². The third kappa shape index (κ3) is 25.4. The van der Waals surface area contributed by atoms with Gasteiger partial charge in [-0.3, -0.25) is 38.4 Å². The zero-order chi connectivity index (χ0) is 48.9. The van der Waals surface area contributed by atoms with E-state index in [-0.39, 0.29) is 31.7 Å². The monoisotopic (exact) mass is 959 g/mol. The topological polar surface area (TPSA) is 385 Å². The smallest absolute Gasteiger partial charge is 0.407 e. The number of hydrogen-bond acceptors (Lipinski definition) is 16. The molecule has 1 aromatic rings. The fraction of sp³-hybridized carbons (Fsp3) is 0.538. The van der Waals surface area contributed by atoms with E-state index in [9.17, 15) is 78.0 Å². The number of carbonyl (C=O) groups is 12. The van der Waals surface area contributed by atoms with Crippen LogP contribution in [0.25, 0.3) is 0 Å². The molecule has 0 fully saturated rings. The maximum absolute atomic E-state index is 13.6. The van der Waals surface area contributed by atoms with E-state index < -0.39 is 153 Å². The van der Waals surface area contributed by atoms with Crippen molar-refractivity contribution in [3.63, 3.8) is 0 Å². The lowest BCUT2D eigenvalue weighted by atomic mass is 9.92. The molecule has 0 aliphatic rings. The van der Waals surface area contributed by atoms with Crippen molar-refractivity contribution in [1.29, 1.82) is 0 Å². The van der Waals surface area contributed by atoms with Crippen LogP contribution >= 0.6 is 21.6 Å². The molecule has 0 aliphatic heterocycles. The minimum atomic E-state index is -1.73. The largest absolute Gasteiger partial charge is 0.481 e. The van der Waals surface area contributed by atoms with Gasteiger partial charge in [-0.05, 0) is 31.7 Å². The molecule has 0 heterocycles. The Kier molecular flexibility index (Phi) is 27.3. The molecule has 1 aromatic carbocycles. The van der Waals surface area contributed by atoms with Gasteiger partial charge in [0.05, 0.1) is 30.7 Å². The Balaban J connectivity index is 2.96. The summed E-state index contributed by atoms with van der Waals surface area (Å²) in [7, 11) is 2.34. The van der Waals surface area contributed by atoms with E-state index in [1.807, 2.05) is 5.32 Å². The Morgan fingerprint density at radius 1 is 0.677 bits per heavy atom. The van der Waals surface area contributed by atoms with E-state index in [2.05, 4.69) is 26.0 Å². The van der Waals surface area contributed by atoms with Crippen molar-refractivity contribution in [1.82, 2.24) is 26.6 Å². The molecule has 65 heavy (non-hydrogen) atoms. The van der Waals surface area contributed by atoms with Gasteiger partial charge in [0.1, 0.15) is 24.5 Å². The molecule has 0 bridgehead atoms. The van der Waals surface area contributed by atoms with Crippen LogP contribution < -0.4 is 26.6 Å². The number of benzene rings is 1. The first-order valence-corrected chi connectivity index (χ1v) is 22.4. The number of alkyl carbamates (subject to hydrolysis) is 1. The van der Waals surface area contributed by atoms with E-state index in [4.69, 9.17) is 9.84 Å². The number of rotatable bonds is 35. The Bertz CT molecular complexity index is 1820. The van der Waals surface area contributed by atoms with Crippen LogP contribution in [0.15, 0.2) is 30.3 Å². The molecule has 0 radical (unpaired) electrons. The van der Waals surface area contributed by atoms with E-state index in [0.717, 1.165) is 10.8 Å². The third-order valence-corrected chi connectivity index (χ3v) is 11.3. The molecule has 24 nitrogen and oxygen atoms in total. The average Bonchev–Trinajstić information content (AvgIpc) is 3.23. The quantitative estimate of drug-likeness (QED) is 0.0195. The van der Waals surface area contributed by atoms with E-state index in [1.165, 1.54) is 10.8 Å². The molecule has 0 saturated carbocycles. The minimum absolute atomic E-state index is 0.0365. The van der Waals surface area contributed by atoms with Crippen LogP contribution in [-0.4, -0.2) is 146 Å². The molecule has 10 N–H and O–H groups in total. The van der Waals surface area contributed by atoms with Crippen molar-refractivity contribution in [2.24, 2.45) is 11.8 Å². The highest BCUT2D eigenvalue weighted by atomic mass is 33.1. The van der Waals surface area contributed by atoms with Gasteiger partial charge in [-0.25, -0.2) is 19.2 Å². The number of carbonyl (C=O) groups excluding carboxylic acids is 7. The fourth-order valence-electron chi connectivity index (χ4n) is 5.59. The Labute approximate surface area is 379 Å². The summed E-state index contributed by atoms with van der Waals surface area (Å²) < 4.78 is 9.51. The number of hydrogen-bond donors (Lipinski definition) is 10. The minimum Gasteiger partial charge on any atom is -0.481 e. The normalized spacial score (nSPS) is 13.4. The van der Waals surface area contributed by atoms with Crippen molar-refractivity contribution in [3.8, 4) is 0 Å². The second kappa shape index (κ2) is 31.4. The maximum atomic E-state index is 13.6. The number of carboxylic acids is 5. The molecular formula is C39H53N5O19S2. The van der Waals surface area contributed by atoms with Crippen molar-refractivity contribution in [2.75, 3.05) is 24.7 Å². The van der Waals surface area contributed by atoms with Crippen LogP contribution in [0, 0.1) is 11.8 Å². The molecule has 6 atom stereocenters. The van der Waals surface area contributed by atoms with Crippen LogP contribution in [0.2, 0.25) is 0 Å². The summed E-state index contributed by atoms with van der Waals surface area (Å²) in [6.07, 6.45) is -7.57. The van der Waals surface area contributed by atoms with Gasteiger partial charge < -0.3 is 61.6 Å². The number of Topliss-reactive ketones (excluding diaryl/α,β-unsaturated/α-hetero) is 2. The zero-order valence-corrected chi connectivity index (χ0v) is 36.7. The highest BCUT2D eigenvalue weighted by Crippen LogP contribution is 2.26. The number of amides is 5. The summed E-state index contributed by atoms with van der Waals surface area (Å²) >= 11 is 0. The molecule has 0 aromatic heterocycles. The lowest BCUT2D eigenvalue weighted by Gasteiger charge is -2.23. The van der Waals surface area contributed by atoms with Gasteiger partial charge in [0, 0.05) is 50.2 Å². The second-order valence-corrected chi connectivity index (χ2v) is 16.6. The Morgan fingerprint density at radius 3 is 1.91 bits per heavy atom. The summed E-state index contributed by atoms with van der Waals surface area (Å²) in [6.45, 7) is 2.07. The lowest BCUT2D eigenvalue weighted by Crippen LogP contribution is -2.50. The number of aliphatic carboxylic acids is 5. The molecule has 0 spiro atoms. The van der Waals surface area contributed by atoms with Gasteiger partial charge in [0.15, 0.2) is 12.0 Å². The second-order valence-electron chi connectivity index (χ2n) is 14.0. The highest BCUT2D eigenvalue weighted by Gasteiger charge is 2.32. The summed E-state index contributed by atoms with van der Waals surface area (Å²) in [5, 5.41) is 58.6. The fourth-order valence-corrected chi connectivity index (χ4v) is 7.72. The van der Waals surface area contributed by atoms with Gasteiger partial charge in [-0.2, -0.15) is 0 Å². The molecule has 5 amide bonds. The zero-order valence-electron chi connectivity index (χ0n) is 35.1. The number of carboxylic acid groups (broad SMARTS) is 5. The average molecular weight is 960 g/mol. The number of ether oxygens (including phenoxy) is 2. The van der Waals surface area contributed by atoms with Crippen LogP contribution in [0.1, 0.15) is 70.3 Å². The Hall–Kier alpha value is -6.44. The van der Waals surface area contributed by atoms with Gasteiger partial charge >= 0.3 is 42.0 Å². The van der Waals surface area contributed by atoms with Crippen molar-refractivity contribution >= 4 is 93.4 Å². The van der Waals surface area contributed by atoms with Gasteiger partial charge in [0.25, 0.3) is 6.47 Å². The molecule has 1 rings (SSSR count). The summed E-state index contributed by atoms with van der Waals surface area (Å²) in [5.41, 5.74) is 0.562. The SMILES string of the molecule is CCNC(=O)OCCSSC[C@H](CC(=O)[C@H](Cc1ccccc1)NC(=O)[C@H](CC(=O)O)CC(=O)CC[C@H](NC(=O)CC[C@H](NC(=O)N[C@@H](CCC(=O)O)OC=O)C(=O)O)C(=O)O)C(=O)O. The van der Waals surface area contributed by atoms with Crippen LogP contribution in [0.3, 0.4) is 0 Å². The highest BCUT2D eigenvalue weighted by molar-refractivity contribution is 8.76. The molecule has 26 heteroatoms. The van der Waals surface area contributed by atoms with Crippen LogP contribution in [-0.2, 0) is 63.8 Å². The summed E-state index contributed by atoms with van der Waals surface area (Å²) in [4.78, 5) is 146. The predicted octanol–water partition coefficient (Wildman–Crippen LogP) is 0.798. The van der Waals surface area contributed by atoms with E-state index in [0.29, 0.717) is 17.9 Å². The van der Waals surface area contributed by atoms with Crippen LogP contribution in [0.4, 0.5) is 9.59 Å². The van der Waals surface area contributed by atoms with Gasteiger partial charge in [-0.15, -0.1) is 0 Å². The Morgan fingerprint density at radius 2 is 1.32 bits per heavy atom. The van der Waals surface area contributed by atoms with E-state index in [1.54, 1.807) is 37.3 Å². The molecular weight excluding hydrogens is 907 g/mol.